The van der Waals surface area contributed by atoms with Gasteiger partial charge in [-0.25, -0.2) is 0 Å². The van der Waals surface area contributed by atoms with E-state index >= 15 is 0 Å². The van der Waals surface area contributed by atoms with Gasteiger partial charge in [-0.2, -0.15) is 0 Å². The second-order valence-corrected chi connectivity index (χ2v) is 14.1. The predicted molar refractivity (Wildman–Crippen MR) is 210 cm³/mol. The molecule has 0 saturated heterocycles. The summed E-state index contributed by atoms with van der Waals surface area (Å²) in [5.74, 6) is 0. The lowest BCUT2D eigenvalue weighted by Crippen LogP contribution is -2.14. The molecule has 0 nitrogen and oxygen atoms in total. The second-order valence-electron chi connectivity index (χ2n) is 14.1. The molecular formula is C49H34. The van der Waals surface area contributed by atoms with Crippen LogP contribution in [0.15, 0.2) is 170 Å². The maximum absolute atomic E-state index is 2.44. The number of fused-ring (bicyclic) bond motifs is 8. The molecule has 230 valence electrons. The molecule has 0 spiro atoms. The van der Waals surface area contributed by atoms with Crippen LogP contribution in [0.5, 0.6) is 0 Å². The van der Waals surface area contributed by atoms with Crippen molar-refractivity contribution in [1.82, 2.24) is 0 Å². The van der Waals surface area contributed by atoms with Crippen molar-refractivity contribution in [3.05, 3.63) is 181 Å². The molecule has 0 fully saturated rings. The van der Waals surface area contributed by atoms with Gasteiger partial charge in [0, 0.05) is 5.41 Å². The minimum Gasteiger partial charge on any atom is -0.0622 e. The summed E-state index contributed by atoms with van der Waals surface area (Å²) in [7, 11) is 0. The Balaban J connectivity index is 1.21. The Morgan fingerprint density at radius 3 is 1.84 bits per heavy atom. The fraction of sp³-hybridized carbons (Fsp3) is 0.0612. The summed E-state index contributed by atoms with van der Waals surface area (Å²) in [6.45, 7) is 4.72. The van der Waals surface area contributed by atoms with Crippen LogP contribution >= 0.6 is 0 Å². The SMILES string of the molecule is CC1(C)c2ccccc2-c2cc3ccc(-c4cccc(-c5c6ccccc6c(-c6ccccc6)c6ccc7ccccc7c56)c4)cc3cc21. The minimum absolute atomic E-state index is 0.0210. The Hall–Kier alpha value is -5.98. The highest BCUT2D eigenvalue weighted by molar-refractivity contribution is 6.28. The molecule has 0 saturated carbocycles. The summed E-state index contributed by atoms with van der Waals surface area (Å²) in [4.78, 5) is 0. The van der Waals surface area contributed by atoms with E-state index in [1.807, 2.05) is 0 Å². The minimum atomic E-state index is -0.0210. The molecule has 0 N–H and O–H groups in total. The monoisotopic (exact) mass is 622 g/mol. The number of benzene rings is 9. The van der Waals surface area contributed by atoms with Crippen molar-refractivity contribution < 1.29 is 0 Å². The van der Waals surface area contributed by atoms with Crippen LogP contribution in [-0.2, 0) is 5.41 Å². The van der Waals surface area contributed by atoms with Crippen LogP contribution in [-0.4, -0.2) is 0 Å². The highest BCUT2D eigenvalue weighted by Gasteiger charge is 2.35. The van der Waals surface area contributed by atoms with Crippen molar-refractivity contribution in [2.45, 2.75) is 19.3 Å². The first-order valence-electron chi connectivity index (χ1n) is 17.3. The van der Waals surface area contributed by atoms with Gasteiger partial charge in [0.25, 0.3) is 0 Å². The second kappa shape index (κ2) is 10.5. The smallest absolute Gasteiger partial charge is 0.0159 e. The zero-order chi connectivity index (χ0) is 32.7. The van der Waals surface area contributed by atoms with Gasteiger partial charge in [-0.15, -0.1) is 0 Å². The Bertz CT molecular complexity index is 2780. The highest BCUT2D eigenvalue weighted by Crippen LogP contribution is 2.50. The van der Waals surface area contributed by atoms with Crippen molar-refractivity contribution in [3.63, 3.8) is 0 Å². The van der Waals surface area contributed by atoms with E-state index in [0.29, 0.717) is 0 Å². The zero-order valence-corrected chi connectivity index (χ0v) is 27.7. The molecule has 0 aliphatic heterocycles. The van der Waals surface area contributed by atoms with Crippen LogP contribution in [0.4, 0.5) is 0 Å². The average molecular weight is 623 g/mol. The molecule has 1 aliphatic carbocycles. The standard InChI is InChI=1S/C49H34/c1-49(2)44-22-11-10-19-39(44)43-29-35-24-23-34(28-37(35)30-45(43)49)33-16-12-17-36(27-33)47-41-21-9-8-20-40(41)46(32-14-4-3-5-15-32)42-26-25-31-13-6-7-18-38(31)48(42)47/h3-30H,1-2H3. The van der Waals surface area contributed by atoms with Crippen LogP contribution in [0.2, 0.25) is 0 Å². The van der Waals surface area contributed by atoms with Crippen molar-refractivity contribution in [2.75, 3.05) is 0 Å². The third kappa shape index (κ3) is 4.17. The summed E-state index contributed by atoms with van der Waals surface area (Å²) in [6.07, 6.45) is 0. The number of hydrogen-bond acceptors (Lipinski definition) is 0. The Kier molecular flexibility index (Phi) is 6.02. The van der Waals surface area contributed by atoms with E-state index in [4.69, 9.17) is 0 Å². The summed E-state index contributed by atoms with van der Waals surface area (Å²) in [5, 5.41) is 10.3. The molecule has 0 radical (unpaired) electrons. The van der Waals surface area contributed by atoms with Gasteiger partial charge in [-0.1, -0.05) is 159 Å². The first-order valence-corrected chi connectivity index (χ1v) is 17.3. The first kappa shape index (κ1) is 28.1. The van der Waals surface area contributed by atoms with E-state index in [0.717, 1.165) is 0 Å². The van der Waals surface area contributed by atoms with E-state index in [-0.39, 0.29) is 5.41 Å². The average Bonchev–Trinajstić information content (AvgIpc) is 3.38. The van der Waals surface area contributed by atoms with Crippen molar-refractivity contribution in [2.24, 2.45) is 0 Å². The third-order valence-corrected chi connectivity index (χ3v) is 11.0. The van der Waals surface area contributed by atoms with E-state index in [9.17, 15) is 0 Å². The Labute approximate surface area is 286 Å². The summed E-state index contributed by atoms with van der Waals surface area (Å²) in [6, 6.07) is 63.2. The molecule has 49 heavy (non-hydrogen) atoms. The predicted octanol–water partition coefficient (Wildman–Crippen LogP) is 13.6. The largest absolute Gasteiger partial charge is 0.0622 e. The van der Waals surface area contributed by atoms with Gasteiger partial charge in [-0.3, -0.25) is 0 Å². The summed E-state index contributed by atoms with van der Waals surface area (Å²) >= 11 is 0. The van der Waals surface area contributed by atoms with Gasteiger partial charge in [0.1, 0.15) is 0 Å². The van der Waals surface area contributed by atoms with Gasteiger partial charge < -0.3 is 0 Å². The van der Waals surface area contributed by atoms with Gasteiger partial charge in [0.05, 0.1) is 0 Å². The zero-order valence-electron chi connectivity index (χ0n) is 27.7. The van der Waals surface area contributed by atoms with E-state index in [1.165, 1.54) is 98.7 Å². The molecule has 0 heteroatoms. The topological polar surface area (TPSA) is 0 Å². The molecule has 0 atom stereocenters. The van der Waals surface area contributed by atoms with E-state index in [2.05, 4.69) is 184 Å². The van der Waals surface area contributed by atoms with Crippen LogP contribution in [0.1, 0.15) is 25.0 Å². The quantitative estimate of drug-likeness (QED) is 0.136. The fourth-order valence-corrected chi connectivity index (χ4v) is 8.64. The molecule has 10 rings (SSSR count). The molecule has 0 bridgehead atoms. The summed E-state index contributed by atoms with van der Waals surface area (Å²) in [5.41, 5.74) is 13.1. The normalized spacial score (nSPS) is 13.3. The van der Waals surface area contributed by atoms with Gasteiger partial charge >= 0.3 is 0 Å². The van der Waals surface area contributed by atoms with Crippen molar-refractivity contribution in [3.8, 4) is 44.5 Å². The van der Waals surface area contributed by atoms with E-state index < -0.39 is 0 Å². The molecule has 0 amide bonds. The number of hydrogen-bond donors (Lipinski definition) is 0. The highest BCUT2D eigenvalue weighted by atomic mass is 14.4. The molecule has 9 aromatic carbocycles. The molecule has 9 aromatic rings. The van der Waals surface area contributed by atoms with Crippen LogP contribution < -0.4 is 0 Å². The van der Waals surface area contributed by atoms with Crippen LogP contribution in [0, 0.1) is 0 Å². The van der Waals surface area contributed by atoms with Crippen molar-refractivity contribution in [1.29, 1.82) is 0 Å². The lowest BCUT2D eigenvalue weighted by atomic mass is 9.81. The van der Waals surface area contributed by atoms with Gasteiger partial charge in [0.2, 0.25) is 0 Å². The van der Waals surface area contributed by atoms with Crippen molar-refractivity contribution >= 4 is 43.1 Å². The maximum atomic E-state index is 2.44. The third-order valence-electron chi connectivity index (χ3n) is 11.0. The summed E-state index contributed by atoms with van der Waals surface area (Å²) < 4.78 is 0. The molecule has 0 heterocycles. The molecule has 1 aliphatic rings. The maximum Gasteiger partial charge on any atom is 0.0159 e. The fourth-order valence-electron chi connectivity index (χ4n) is 8.64. The lowest BCUT2D eigenvalue weighted by molar-refractivity contribution is 0.661. The van der Waals surface area contributed by atoms with Crippen LogP contribution in [0.3, 0.4) is 0 Å². The molecule has 0 aromatic heterocycles. The van der Waals surface area contributed by atoms with Gasteiger partial charge in [0.15, 0.2) is 0 Å². The van der Waals surface area contributed by atoms with Gasteiger partial charge in [-0.05, 0) is 123 Å². The Morgan fingerprint density at radius 2 is 0.980 bits per heavy atom. The molecular weight excluding hydrogens is 589 g/mol. The molecule has 0 unspecified atom stereocenters. The number of rotatable bonds is 3. The Morgan fingerprint density at radius 1 is 0.327 bits per heavy atom. The van der Waals surface area contributed by atoms with E-state index in [1.54, 1.807) is 0 Å². The lowest BCUT2D eigenvalue weighted by Gasteiger charge is -2.21. The first-order chi connectivity index (χ1) is 24.1. The van der Waals surface area contributed by atoms with Crippen LogP contribution in [0.25, 0.3) is 87.6 Å².